The number of hydrogen-bond donors (Lipinski definition) is 1. The van der Waals surface area contributed by atoms with Gasteiger partial charge in [0.25, 0.3) is 0 Å². The maximum absolute atomic E-state index is 5.94. The summed E-state index contributed by atoms with van der Waals surface area (Å²) in [6.07, 6.45) is 1.26. The van der Waals surface area contributed by atoms with Gasteiger partial charge in [0.05, 0.1) is 0 Å². The molecule has 12 heavy (non-hydrogen) atoms. The first-order valence-electron chi connectivity index (χ1n) is 4.99. The zero-order valence-electron chi connectivity index (χ0n) is 8.38. The molecule has 1 aliphatic carbocycles. The smallest absolute Gasteiger partial charge is 0.0125 e. The van der Waals surface area contributed by atoms with E-state index in [1.54, 1.807) is 0 Å². The first-order chi connectivity index (χ1) is 5.48. The molecule has 0 aromatic heterocycles. The predicted octanol–water partition coefficient (Wildman–Crippen LogP) is 1.06. The van der Waals surface area contributed by atoms with Crippen molar-refractivity contribution in [2.45, 2.75) is 38.8 Å². The Morgan fingerprint density at radius 1 is 1.25 bits per heavy atom. The van der Waals surface area contributed by atoms with Crippen LogP contribution in [0.25, 0.3) is 0 Å². The van der Waals surface area contributed by atoms with E-state index >= 15 is 0 Å². The minimum Gasteiger partial charge on any atom is -0.327 e. The van der Waals surface area contributed by atoms with E-state index in [9.17, 15) is 0 Å². The van der Waals surface area contributed by atoms with Crippen LogP contribution in [0.2, 0.25) is 0 Å². The molecule has 0 radical (unpaired) electrons. The molecule has 2 N–H and O–H groups in total. The Hall–Kier alpha value is -0.0800. The van der Waals surface area contributed by atoms with Crippen molar-refractivity contribution in [3.63, 3.8) is 0 Å². The van der Waals surface area contributed by atoms with Gasteiger partial charge in [-0.25, -0.2) is 0 Å². The summed E-state index contributed by atoms with van der Waals surface area (Å²) in [7, 11) is 0. The second kappa shape index (κ2) is 2.46. The first kappa shape index (κ1) is 8.52. The van der Waals surface area contributed by atoms with E-state index in [1.165, 1.54) is 19.5 Å². The highest BCUT2D eigenvalue weighted by atomic mass is 15.2. The summed E-state index contributed by atoms with van der Waals surface area (Å²) >= 11 is 0. The molecule has 2 rings (SSSR count). The van der Waals surface area contributed by atoms with Gasteiger partial charge in [0, 0.05) is 24.7 Å². The molecule has 0 aromatic carbocycles. The van der Waals surface area contributed by atoms with Crippen molar-refractivity contribution in [2.24, 2.45) is 17.6 Å². The number of likely N-dealkylation sites (tertiary alicyclic amines) is 1. The quantitative estimate of drug-likeness (QED) is 0.586. The zero-order valence-corrected chi connectivity index (χ0v) is 8.38. The van der Waals surface area contributed by atoms with Crippen molar-refractivity contribution in [1.29, 1.82) is 0 Å². The molecular weight excluding hydrogens is 148 g/mol. The van der Waals surface area contributed by atoms with E-state index in [0.29, 0.717) is 11.6 Å². The van der Waals surface area contributed by atoms with Gasteiger partial charge in [0.1, 0.15) is 0 Å². The van der Waals surface area contributed by atoms with Gasteiger partial charge in [-0.2, -0.15) is 0 Å². The second-order valence-corrected chi connectivity index (χ2v) is 5.40. The lowest BCUT2D eigenvalue weighted by atomic mass is 9.72. The van der Waals surface area contributed by atoms with Gasteiger partial charge in [0.2, 0.25) is 0 Å². The van der Waals surface area contributed by atoms with Crippen molar-refractivity contribution in [1.82, 2.24) is 4.90 Å². The Labute approximate surface area is 75.1 Å². The van der Waals surface area contributed by atoms with Crippen LogP contribution in [0.3, 0.4) is 0 Å². The van der Waals surface area contributed by atoms with Crippen LogP contribution < -0.4 is 5.73 Å². The number of hydrogen-bond acceptors (Lipinski definition) is 2. The van der Waals surface area contributed by atoms with Crippen LogP contribution in [0.1, 0.15) is 27.2 Å². The minimum absolute atomic E-state index is 0.344. The third-order valence-corrected chi connectivity index (χ3v) is 3.57. The predicted molar refractivity (Wildman–Crippen MR) is 50.9 cm³/mol. The van der Waals surface area contributed by atoms with Crippen molar-refractivity contribution in [3.8, 4) is 0 Å². The Morgan fingerprint density at radius 3 is 2.33 bits per heavy atom. The van der Waals surface area contributed by atoms with Crippen LogP contribution in [0.5, 0.6) is 0 Å². The Kier molecular flexibility index (Phi) is 1.74. The molecule has 0 aromatic rings. The first-order valence-corrected chi connectivity index (χ1v) is 4.99. The fraction of sp³-hybridized carbons (Fsp3) is 1.00. The largest absolute Gasteiger partial charge is 0.327 e. The topological polar surface area (TPSA) is 29.3 Å². The molecule has 3 unspecified atom stereocenters. The SMILES string of the molecule is CC(C)(C)N1CC2CC(N)C2C1. The van der Waals surface area contributed by atoms with Crippen LogP contribution in [0.4, 0.5) is 0 Å². The van der Waals surface area contributed by atoms with E-state index in [1.807, 2.05) is 0 Å². The molecule has 1 saturated heterocycles. The Morgan fingerprint density at radius 2 is 1.92 bits per heavy atom. The number of rotatable bonds is 0. The van der Waals surface area contributed by atoms with Crippen LogP contribution in [0, 0.1) is 11.8 Å². The summed E-state index contributed by atoms with van der Waals surface area (Å²) in [6.45, 7) is 9.40. The van der Waals surface area contributed by atoms with E-state index in [0.717, 1.165) is 11.8 Å². The third kappa shape index (κ3) is 1.17. The lowest BCUT2D eigenvalue weighted by molar-refractivity contribution is 0.168. The van der Waals surface area contributed by atoms with Gasteiger partial charge >= 0.3 is 0 Å². The van der Waals surface area contributed by atoms with Crippen LogP contribution in [0.15, 0.2) is 0 Å². The van der Waals surface area contributed by atoms with Crippen molar-refractivity contribution in [3.05, 3.63) is 0 Å². The number of nitrogens with two attached hydrogens (primary N) is 1. The summed E-state index contributed by atoms with van der Waals surface area (Å²) in [5.41, 5.74) is 6.29. The van der Waals surface area contributed by atoms with Gasteiger partial charge in [-0.15, -0.1) is 0 Å². The van der Waals surface area contributed by atoms with Crippen LogP contribution in [-0.4, -0.2) is 29.6 Å². The molecule has 2 fully saturated rings. The summed E-state index contributed by atoms with van der Waals surface area (Å²) in [5, 5.41) is 0. The third-order valence-electron chi connectivity index (χ3n) is 3.57. The lowest BCUT2D eigenvalue weighted by Gasteiger charge is -2.36. The molecule has 2 heteroatoms. The van der Waals surface area contributed by atoms with Crippen molar-refractivity contribution in [2.75, 3.05) is 13.1 Å². The molecule has 1 heterocycles. The van der Waals surface area contributed by atoms with E-state index in [2.05, 4.69) is 25.7 Å². The van der Waals surface area contributed by atoms with Gasteiger partial charge in [-0.3, -0.25) is 4.90 Å². The molecule has 1 saturated carbocycles. The monoisotopic (exact) mass is 168 g/mol. The fourth-order valence-corrected chi connectivity index (χ4v) is 2.51. The van der Waals surface area contributed by atoms with Gasteiger partial charge in [-0.05, 0) is 39.0 Å². The van der Waals surface area contributed by atoms with Gasteiger partial charge in [-0.1, -0.05) is 0 Å². The molecule has 1 aliphatic heterocycles. The Bertz CT molecular complexity index is 183. The van der Waals surface area contributed by atoms with Gasteiger partial charge in [0.15, 0.2) is 0 Å². The molecule has 0 bridgehead atoms. The van der Waals surface area contributed by atoms with Crippen LogP contribution in [-0.2, 0) is 0 Å². The molecule has 0 amide bonds. The maximum atomic E-state index is 5.94. The highest BCUT2D eigenvalue weighted by Crippen LogP contribution is 2.41. The normalized spacial score (nSPS) is 42.5. The van der Waals surface area contributed by atoms with Crippen LogP contribution >= 0.6 is 0 Å². The lowest BCUT2D eigenvalue weighted by Crippen LogP contribution is -2.46. The van der Waals surface area contributed by atoms with Crippen molar-refractivity contribution >= 4 is 0 Å². The summed E-state index contributed by atoms with van der Waals surface area (Å²) in [5.74, 6) is 1.73. The number of nitrogens with zero attached hydrogens (tertiary/aromatic N) is 1. The second-order valence-electron chi connectivity index (χ2n) is 5.40. The zero-order chi connectivity index (χ0) is 8.93. The Balaban J connectivity index is 1.99. The highest BCUT2D eigenvalue weighted by molar-refractivity contribution is 5.02. The summed E-state index contributed by atoms with van der Waals surface area (Å²) in [4.78, 5) is 2.58. The van der Waals surface area contributed by atoms with Gasteiger partial charge < -0.3 is 5.73 Å². The maximum Gasteiger partial charge on any atom is 0.0125 e. The highest BCUT2D eigenvalue weighted by Gasteiger charge is 2.47. The van der Waals surface area contributed by atoms with E-state index in [4.69, 9.17) is 5.73 Å². The minimum atomic E-state index is 0.344. The average molecular weight is 168 g/mol. The standard InChI is InChI=1S/C10H20N2/c1-10(2,3)12-5-7-4-9(11)8(7)6-12/h7-9H,4-6,11H2,1-3H3. The van der Waals surface area contributed by atoms with E-state index in [-0.39, 0.29) is 0 Å². The molecule has 3 atom stereocenters. The molecule has 70 valence electrons. The van der Waals surface area contributed by atoms with E-state index < -0.39 is 0 Å². The summed E-state index contributed by atoms with van der Waals surface area (Å²) in [6, 6.07) is 0.502. The molecule has 2 aliphatic rings. The molecule has 2 nitrogen and oxygen atoms in total. The van der Waals surface area contributed by atoms with Crippen molar-refractivity contribution < 1.29 is 0 Å². The summed E-state index contributed by atoms with van der Waals surface area (Å²) < 4.78 is 0. The molecule has 0 spiro atoms. The number of fused-ring (bicyclic) bond motifs is 1. The average Bonchev–Trinajstić information content (AvgIpc) is 2.24. The molecular formula is C10H20N2. The fourth-order valence-electron chi connectivity index (χ4n) is 2.51.